The Labute approximate surface area is 105 Å². The molecule has 1 unspecified atom stereocenters. The fraction of sp³-hybridized carbons (Fsp3) is 0.538. The number of hydrogen-bond acceptors (Lipinski definition) is 2. The Morgan fingerprint density at radius 2 is 1.72 bits per heavy atom. The van der Waals surface area contributed by atoms with Crippen LogP contribution in [0.15, 0.2) is 24.3 Å². The molecule has 0 radical (unpaired) electrons. The van der Waals surface area contributed by atoms with Crippen LogP contribution in [-0.2, 0) is 12.7 Å². The van der Waals surface area contributed by atoms with E-state index in [9.17, 15) is 18.3 Å². The highest BCUT2D eigenvalue weighted by atomic mass is 19.4. The highest BCUT2D eigenvalue weighted by molar-refractivity contribution is 5.24. The maximum Gasteiger partial charge on any atom is 0.416 e. The molecule has 2 N–H and O–H groups in total. The van der Waals surface area contributed by atoms with Gasteiger partial charge < -0.3 is 10.4 Å². The Hall–Kier alpha value is -1.07. The first kappa shape index (κ1) is 15.0. The van der Waals surface area contributed by atoms with Gasteiger partial charge in [0.25, 0.3) is 0 Å². The van der Waals surface area contributed by atoms with E-state index in [0.29, 0.717) is 6.54 Å². The number of aliphatic hydroxyl groups is 1. The number of nitrogens with one attached hydrogen (secondary N) is 1. The van der Waals surface area contributed by atoms with Gasteiger partial charge in [0, 0.05) is 12.1 Å². The number of aliphatic hydroxyl groups excluding tert-OH is 1. The molecule has 0 bridgehead atoms. The van der Waals surface area contributed by atoms with Crippen molar-refractivity contribution in [2.75, 3.05) is 6.61 Å². The van der Waals surface area contributed by atoms with Gasteiger partial charge in [0.1, 0.15) is 0 Å². The molecule has 0 aliphatic carbocycles. The van der Waals surface area contributed by atoms with E-state index in [-0.39, 0.29) is 6.61 Å². The van der Waals surface area contributed by atoms with Crippen LogP contribution in [0.25, 0.3) is 0 Å². The van der Waals surface area contributed by atoms with Gasteiger partial charge in [-0.15, -0.1) is 0 Å². The van der Waals surface area contributed by atoms with Crippen molar-refractivity contribution < 1.29 is 18.3 Å². The summed E-state index contributed by atoms with van der Waals surface area (Å²) in [6.07, 6.45) is -3.56. The summed E-state index contributed by atoms with van der Waals surface area (Å²) >= 11 is 0. The van der Waals surface area contributed by atoms with Crippen molar-refractivity contribution >= 4 is 0 Å². The minimum Gasteiger partial charge on any atom is -0.394 e. The zero-order valence-corrected chi connectivity index (χ0v) is 10.5. The molecule has 1 rings (SSSR count). The molecule has 5 heteroatoms. The van der Waals surface area contributed by atoms with E-state index in [1.165, 1.54) is 12.1 Å². The predicted molar refractivity (Wildman–Crippen MR) is 64.1 cm³/mol. The van der Waals surface area contributed by atoms with Crippen molar-refractivity contribution in [3.05, 3.63) is 35.4 Å². The number of benzene rings is 1. The van der Waals surface area contributed by atoms with Crippen molar-refractivity contribution in [1.82, 2.24) is 5.32 Å². The Morgan fingerprint density at radius 3 is 2.11 bits per heavy atom. The van der Waals surface area contributed by atoms with E-state index < -0.39 is 17.3 Å². The average molecular weight is 261 g/mol. The number of alkyl halides is 3. The van der Waals surface area contributed by atoms with Gasteiger partial charge >= 0.3 is 6.18 Å². The fourth-order valence-corrected chi connectivity index (χ4v) is 1.42. The summed E-state index contributed by atoms with van der Waals surface area (Å²) in [6.45, 7) is 4.24. The highest BCUT2D eigenvalue weighted by Crippen LogP contribution is 2.29. The lowest BCUT2D eigenvalue weighted by molar-refractivity contribution is -0.137. The van der Waals surface area contributed by atoms with E-state index in [4.69, 9.17) is 0 Å². The molecule has 102 valence electrons. The monoisotopic (exact) mass is 261 g/mol. The van der Waals surface area contributed by atoms with Gasteiger partial charge in [-0.2, -0.15) is 13.2 Å². The van der Waals surface area contributed by atoms with E-state index in [1.807, 2.05) is 13.8 Å². The van der Waals surface area contributed by atoms with Crippen LogP contribution in [0.5, 0.6) is 0 Å². The highest BCUT2D eigenvalue weighted by Gasteiger charge is 2.30. The molecule has 18 heavy (non-hydrogen) atoms. The van der Waals surface area contributed by atoms with Crippen LogP contribution in [-0.4, -0.2) is 17.3 Å². The molecule has 0 aliphatic heterocycles. The molecule has 1 aromatic carbocycles. The summed E-state index contributed by atoms with van der Waals surface area (Å²) < 4.78 is 37.1. The Bertz CT molecular complexity index is 369. The standard InChI is InChI=1S/C13H18F3NO/c1-3-12(2,9-18)17-8-10-4-6-11(7-5-10)13(14,15)16/h4-7,17-18H,3,8-9H2,1-2H3. The third-order valence-electron chi connectivity index (χ3n) is 3.13. The third kappa shape index (κ3) is 3.99. The van der Waals surface area contributed by atoms with E-state index in [1.54, 1.807) is 0 Å². The fourth-order valence-electron chi connectivity index (χ4n) is 1.42. The van der Waals surface area contributed by atoms with Crippen molar-refractivity contribution in [1.29, 1.82) is 0 Å². The minimum absolute atomic E-state index is 0.00979. The molecule has 0 aliphatic rings. The normalized spacial score (nSPS) is 15.4. The van der Waals surface area contributed by atoms with Gasteiger partial charge in [0.05, 0.1) is 12.2 Å². The van der Waals surface area contributed by atoms with E-state index in [0.717, 1.165) is 24.1 Å². The smallest absolute Gasteiger partial charge is 0.394 e. The van der Waals surface area contributed by atoms with Crippen LogP contribution < -0.4 is 5.32 Å². The summed E-state index contributed by atoms with van der Waals surface area (Å²) in [6, 6.07) is 5.03. The Kier molecular flexibility index (Phi) is 4.76. The first-order chi connectivity index (χ1) is 8.30. The van der Waals surface area contributed by atoms with Crippen molar-refractivity contribution in [3.8, 4) is 0 Å². The van der Waals surface area contributed by atoms with Crippen LogP contribution in [0.3, 0.4) is 0 Å². The van der Waals surface area contributed by atoms with Crippen LogP contribution in [0.1, 0.15) is 31.4 Å². The molecule has 2 nitrogen and oxygen atoms in total. The quantitative estimate of drug-likeness (QED) is 0.854. The molecule has 0 fully saturated rings. The maximum absolute atomic E-state index is 12.4. The van der Waals surface area contributed by atoms with Crippen molar-refractivity contribution in [3.63, 3.8) is 0 Å². The second-order valence-electron chi connectivity index (χ2n) is 4.62. The van der Waals surface area contributed by atoms with E-state index >= 15 is 0 Å². The first-order valence-electron chi connectivity index (χ1n) is 5.83. The van der Waals surface area contributed by atoms with Gasteiger partial charge in [-0.25, -0.2) is 0 Å². The summed E-state index contributed by atoms with van der Waals surface area (Å²) in [5.74, 6) is 0. The maximum atomic E-state index is 12.4. The second-order valence-corrected chi connectivity index (χ2v) is 4.62. The molecule has 1 atom stereocenters. The van der Waals surface area contributed by atoms with Gasteiger partial charge in [0.15, 0.2) is 0 Å². The van der Waals surface area contributed by atoms with Crippen LogP contribution >= 0.6 is 0 Å². The SMILES string of the molecule is CCC(C)(CO)NCc1ccc(C(F)(F)F)cc1. The summed E-state index contributed by atoms with van der Waals surface area (Å²) in [5.41, 5.74) is -0.286. The van der Waals surface area contributed by atoms with Gasteiger partial charge in [-0.3, -0.25) is 0 Å². The molecule has 0 spiro atoms. The molecular formula is C13H18F3NO. The van der Waals surface area contributed by atoms with Crippen LogP contribution in [0.4, 0.5) is 13.2 Å². The largest absolute Gasteiger partial charge is 0.416 e. The number of halogens is 3. The summed E-state index contributed by atoms with van der Waals surface area (Å²) in [7, 11) is 0. The molecule has 0 amide bonds. The minimum atomic E-state index is -4.30. The average Bonchev–Trinajstić information content (AvgIpc) is 2.35. The molecular weight excluding hydrogens is 243 g/mol. The second kappa shape index (κ2) is 5.71. The number of rotatable bonds is 5. The summed E-state index contributed by atoms with van der Waals surface area (Å²) in [4.78, 5) is 0. The van der Waals surface area contributed by atoms with Gasteiger partial charge in [-0.05, 0) is 31.0 Å². The number of hydrogen-bond donors (Lipinski definition) is 2. The van der Waals surface area contributed by atoms with Gasteiger partial charge in [0.2, 0.25) is 0 Å². The van der Waals surface area contributed by atoms with Crippen LogP contribution in [0.2, 0.25) is 0 Å². The lowest BCUT2D eigenvalue weighted by atomic mass is 9.99. The lowest BCUT2D eigenvalue weighted by Crippen LogP contribution is -2.44. The van der Waals surface area contributed by atoms with E-state index in [2.05, 4.69) is 5.32 Å². The molecule has 1 aromatic rings. The van der Waals surface area contributed by atoms with Gasteiger partial charge in [-0.1, -0.05) is 19.1 Å². The first-order valence-corrected chi connectivity index (χ1v) is 5.83. The third-order valence-corrected chi connectivity index (χ3v) is 3.13. The molecule has 0 saturated carbocycles. The molecule has 0 aromatic heterocycles. The molecule has 0 saturated heterocycles. The zero-order valence-electron chi connectivity index (χ0n) is 10.5. The summed E-state index contributed by atoms with van der Waals surface area (Å²) in [5, 5.41) is 12.3. The van der Waals surface area contributed by atoms with Crippen molar-refractivity contribution in [2.24, 2.45) is 0 Å². The Balaban J connectivity index is 2.65. The van der Waals surface area contributed by atoms with Crippen LogP contribution in [0, 0.1) is 0 Å². The zero-order chi connectivity index (χ0) is 13.8. The lowest BCUT2D eigenvalue weighted by Gasteiger charge is -2.27. The Morgan fingerprint density at radius 1 is 1.17 bits per heavy atom. The van der Waals surface area contributed by atoms with Crippen molar-refractivity contribution in [2.45, 2.75) is 38.5 Å². The predicted octanol–water partition coefficient (Wildman–Crippen LogP) is 2.96. The topological polar surface area (TPSA) is 32.3 Å². The molecule has 0 heterocycles.